The van der Waals surface area contributed by atoms with Gasteiger partial charge in [-0.2, -0.15) is 0 Å². The Morgan fingerprint density at radius 1 is 1.09 bits per heavy atom. The van der Waals surface area contributed by atoms with Gasteiger partial charge in [-0.15, -0.1) is 0 Å². The van der Waals surface area contributed by atoms with Crippen molar-refractivity contribution in [1.29, 1.82) is 0 Å². The van der Waals surface area contributed by atoms with Crippen LogP contribution in [-0.4, -0.2) is 57.4 Å². The fourth-order valence-corrected chi connectivity index (χ4v) is 4.52. The first-order valence-corrected chi connectivity index (χ1v) is 11.1. The molecule has 164 valence electrons. The zero-order valence-electron chi connectivity index (χ0n) is 18.2. The molecular formula is C24H27N7O. The molecule has 1 spiro atoms. The Morgan fingerprint density at radius 3 is 2.66 bits per heavy atom. The number of nitrogens with zero attached hydrogens (tertiary/aromatic N) is 6. The van der Waals surface area contributed by atoms with Crippen molar-refractivity contribution in [2.75, 3.05) is 36.4 Å². The van der Waals surface area contributed by atoms with Gasteiger partial charge < -0.3 is 15.1 Å². The van der Waals surface area contributed by atoms with Crippen molar-refractivity contribution in [1.82, 2.24) is 24.8 Å². The number of carbonyl (C=O) groups excluding carboxylic acids is 1. The van der Waals surface area contributed by atoms with Crippen molar-refractivity contribution in [3.63, 3.8) is 0 Å². The molecule has 2 fully saturated rings. The summed E-state index contributed by atoms with van der Waals surface area (Å²) in [5.74, 6) is 3.02. The minimum Gasteiger partial charge on any atom is -0.355 e. The van der Waals surface area contributed by atoms with Crippen LogP contribution in [0.3, 0.4) is 0 Å². The normalized spacial score (nSPS) is 17.2. The van der Waals surface area contributed by atoms with E-state index in [0.29, 0.717) is 11.6 Å². The van der Waals surface area contributed by atoms with Gasteiger partial charge in [0, 0.05) is 61.8 Å². The highest BCUT2D eigenvalue weighted by Gasteiger charge is 2.45. The zero-order chi connectivity index (χ0) is 22.0. The third kappa shape index (κ3) is 4.12. The molecule has 2 aliphatic rings. The molecule has 1 N–H and O–H groups in total. The summed E-state index contributed by atoms with van der Waals surface area (Å²) in [6, 6.07) is 9.93. The van der Waals surface area contributed by atoms with Crippen LogP contribution >= 0.6 is 0 Å². The number of hydrogen-bond acceptors (Lipinski definition) is 7. The average molecular weight is 430 g/mol. The van der Waals surface area contributed by atoms with Gasteiger partial charge in [-0.3, -0.25) is 9.78 Å². The second-order valence-electron chi connectivity index (χ2n) is 8.70. The first-order chi connectivity index (χ1) is 15.7. The second kappa shape index (κ2) is 8.53. The van der Waals surface area contributed by atoms with E-state index in [-0.39, 0.29) is 5.41 Å². The third-order valence-electron chi connectivity index (χ3n) is 6.51. The van der Waals surface area contributed by atoms with E-state index in [2.05, 4.69) is 27.1 Å². The van der Waals surface area contributed by atoms with Crippen LogP contribution in [0.4, 0.5) is 17.5 Å². The molecule has 3 aromatic rings. The number of hydrogen-bond donors (Lipinski definition) is 1. The highest BCUT2D eigenvalue weighted by atomic mass is 16.1. The van der Waals surface area contributed by atoms with E-state index in [9.17, 15) is 4.79 Å². The number of pyridine rings is 2. The number of piperidine rings is 1. The number of rotatable bonds is 6. The van der Waals surface area contributed by atoms with Crippen LogP contribution in [0.25, 0.3) is 11.4 Å². The molecule has 5 heterocycles. The fraction of sp³-hybridized carbons (Fsp3) is 0.375. The predicted octanol–water partition coefficient (Wildman–Crippen LogP) is 3.30. The minimum atomic E-state index is 0.281. The number of amides is 1. The summed E-state index contributed by atoms with van der Waals surface area (Å²) in [7, 11) is 0. The molecule has 2 saturated heterocycles. The molecule has 8 heteroatoms. The summed E-state index contributed by atoms with van der Waals surface area (Å²) in [4.78, 5) is 33.5. The van der Waals surface area contributed by atoms with Gasteiger partial charge in [0.05, 0.1) is 0 Å². The van der Waals surface area contributed by atoms with Gasteiger partial charge in [0.15, 0.2) is 5.82 Å². The molecule has 1 amide bonds. The predicted molar refractivity (Wildman–Crippen MR) is 124 cm³/mol. The van der Waals surface area contributed by atoms with Crippen LogP contribution in [0.1, 0.15) is 25.3 Å². The Morgan fingerprint density at radius 2 is 1.94 bits per heavy atom. The molecule has 0 unspecified atom stereocenters. The van der Waals surface area contributed by atoms with Crippen molar-refractivity contribution in [2.24, 2.45) is 5.41 Å². The molecule has 0 bridgehead atoms. The van der Waals surface area contributed by atoms with E-state index in [0.717, 1.165) is 69.1 Å². The van der Waals surface area contributed by atoms with Crippen molar-refractivity contribution >= 4 is 23.9 Å². The van der Waals surface area contributed by atoms with E-state index >= 15 is 0 Å². The minimum absolute atomic E-state index is 0.281. The Labute approximate surface area is 187 Å². The number of nitrogens with one attached hydrogen (secondary N) is 1. The Balaban J connectivity index is 1.41. The maximum absolute atomic E-state index is 11.0. The van der Waals surface area contributed by atoms with Crippen LogP contribution in [0, 0.1) is 5.41 Å². The molecule has 32 heavy (non-hydrogen) atoms. The summed E-state index contributed by atoms with van der Waals surface area (Å²) in [6.07, 6.45) is 9.35. The van der Waals surface area contributed by atoms with Gasteiger partial charge in [-0.25, -0.2) is 15.0 Å². The first kappa shape index (κ1) is 20.4. The lowest BCUT2D eigenvalue weighted by molar-refractivity contribution is -0.120. The average Bonchev–Trinajstić information content (AvgIpc) is 2.83. The van der Waals surface area contributed by atoms with Crippen LogP contribution in [0.15, 0.2) is 48.9 Å². The lowest BCUT2D eigenvalue weighted by Crippen LogP contribution is -2.60. The van der Waals surface area contributed by atoms with E-state index in [4.69, 9.17) is 9.97 Å². The van der Waals surface area contributed by atoms with Gasteiger partial charge in [0.2, 0.25) is 6.41 Å². The largest absolute Gasteiger partial charge is 0.355 e. The van der Waals surface area contributed by atoms with E-state index < -0.39 is 0 Å². The molecule has 0 aliphatic carbocycles. The van der Waals surface area contributed by atoms with Crippen LogP contribution in [-0.2, 0) is 11.2 Å². The topological polar surface area (TPSA) is 87.1 Å². The van der Waals surface area contributed by atoms with Gasteiger partial charge in [-0.1, -0.05) is 6.92 Å². The smallest absolute Gasteiger partial charge is 0.209 e. The van der Waals surface area contributed by atoms with Gasteiger partial charge in [0.1, 0.15) is 17.5 Å². The summed E-state index contributed by atoms with van der Waals surface area (Å²) in [5, 5.41) is 3.36. The van der Waals surface area contributed by atoms with Gasteiger partial charge in [0.25, 0.3) is 0 Å². The fourth-order valence-electron chi connectivity index (χ4n) is 4.52. The second-order valence-corrected chi connectivity index (χ2v) is 8.70. The van der Waals surface area contributed by atoms with E-state index in [1.165, 1.54) is 5.56 Å². The first-order valence-electron chi connectivity index (χ1n) is 11.1. The molecule has 0 aromatic carbocycles. The van der Waals surface area contributed by atoms with E-state index in [1.807, 2.05) is 41.4 Å². The zero-order valence-corrected chi connectivity index (χ0v) is 18.2. The van der Waals surface area contributed by atoms with E-state index in [1.54, 1.807) is 12.4 Å². The summed E-state index contributed by atoms with van der Waals surface area (Å²) >= 11 is 0. The summed E-state index contributed by atoms with van der Waals surface area (Å²) in [5.41, 5.74) is 2.38. The molecule has 2 aliphatic heterocycles. The lowest BCUT2D eigenvalue weighted by atomic mass is 9.72. The Kier molecular flexibility index (Phi) is 5.43. The van der Waals surface area contributed by atoms with Gasteiger partial charge >= 0.3 is 0 Å². The van der Waals surface area contributed by atoms with Crippen molar-refractivity contribution < 1.29 is 4.79 Å². The highest BCUT2D eigenvalue weighted by molar-refractivity contribution is 5.64. The highest BCUT2D eigenvalue weighted by Crippen LogP contribution is 2.42. The quantitative estimate of drug-likeness (QED) is 0.602. The molecular weight excluding hydrogens is 402 g/mol. The van der Waals surface area contributed by atoms with Crippen LogP contribution in [0.5, 0.6) is 0 Å². The molecule has 3 aromatic heterocycles. The van der Waals surface area contributed by atoms with Gasteiger partial charge in [-0.05, 0) is 49.1 Å². The molecule has 0 atom stereocenters. The SMILES string of the molecule is CCc1ccnc(Nc2cc(N3CC4(CCN(C=O)CC4)C3)nc(-c3cccnc3)n2)c1. The monoisotopic (exact) mass is 429 g/mol. The lowest BCUT2D eigenvalue weighted by Gasteiger charge is -2.54. The number of anilines is 3. The molecule has 0 saturated carbocycles. The summed E-state index contributed by atoms with van der Waals surface area (Å²) < 4.78 is 0. The maximum atomic E-state index is 11.0. The maximum Gasteiger partial charge on any atom is 0.209 e. The number of aryl methyl sites for hydroxylation is 1. The van der Waals surface area contributed by atoms with Crippen LogP contribution in [0.2, 0.25) is 0 Å². The molecule has 8 nitrogen and oxygen atoms in total. The molecule has 0 radical (unpaired) electrons. The van der Waals surface area contributed by atoms with Crippen LogP contribution < -0.4 is 10.2 Å². The third-order valence-corrected chi connectivity index (χ3v) is 6.51. The van der Waals surface area contributed by atoms with Crippen molar-refractivity contribution in [2.45, 2.75) is 26.2 Å². The number of aromatic nitrogens is 4. The van der Waals surface area contributed by atoms with Crippen molar-refractivity contribution in [3.8, 4) is 11.4 Å². The summed E-state index contributed by atoms with van der Waals surface area (Å²) in [6.45, 7) is 5.71. The Hall–Kier alpha value is -3.55. The number of likely N-dealkylation sites (tertiary alicyclic amines) is 1. The molecule has 5 rings (SSSR count). The Bertz CT molecular complexity index is 1090. The van der Waals surface area contributed by atoms with Crippen molar-refractivity contribution in [3.05, 3.63) is 54.5 Å². The number of carbonyl (C=O) groups is 1. The standard InChI is InChI=1S/C24H27N7O/c1-2-18-5-9-26-20(12-18)27-21-13-22(29-23(28-21)19-4-3-8-25-14-19)31-15-24(16-31)6-10-30(17-32)11-7-24/h3-5,8-9,12-14,17H,2,6-7,10-11,15-16H2,1H3,(H,26,27,28,29).